The third-order valence-corrected chi connectivity index (χ3v) is 7.44. The molecule has 40 heavy (non-hydrogen) atoms. The van der Waals surface area contributed by atoms with Crippen LogP contribution in [-0.2, 0) is 4.79 Å². The molecule has 0 unspecified atom stereocenters. The van der Waals surface area contributed by atoms with E-state index in [1.54, 1.807) is 36.5 Å². The maximum absolute atomic E-state index is 14.1. The van der Waals surface area contributed by atoms with Crippen molar-refractivity contribution in [1.82, 2.24) is 19.8 Å². The molecule has 2 aromatic carbocycles. The fraction of sp³-hybridized carbons (Fsp3) is 0.200. The molecule has 2 atom stereocenters. The van der Waals surface area contributed by atoms with Crippen LogP contribution in [0.2, 0.25) is 0 Å². The van der Waals surface area contributed by atoms with E-state index in [2.05, 4.69) is 15.6 Å². The summed E-state index contributed by atoms with van der Waals surface area (Å²) in [6.07, 6.45) is 1.79. The van der Waals surface area contributed by atoms with Gasteiger partial charge in [0.2, 0.25) is 5.91 Å². The van der Waals surface area contributed by atoms with Gasteiger partial charge < -0.3 is 25.2 Å². The van der Waals surface area contributed by atoms with Crippen LogP contribution in [0.25, 0.3) is 5.69 Å². The van der Waals surface area contributed by atoms with E-state index in [0.29, 0.717) is 10.8 Å². The van der Waals surface area contributed by atoms with Crippen LogP contribution in [0.5, 0.6) is 0 Å². The van der Waals surface area contributed by atoms with Gasteiger partial charge >= 0.3 is 5.97 Å². The number of benzene rings is 2. The normalized spacial score (nSPS) is 16.6. The first kappa shape index (κ1) is 27.0. The molecule has 1 amide bonds. The number of hydrogen-bond donors (Lipinski definition) is 3. The Morgan fingerprint density at radius 3 is 2.52 bits per heavy atom. The topological polar surface area (TPSA) is 99.5 Å². The Bertz CT molecular complexity index is 1590. The highest BCUT2D eigenvalue weighted by Crippen LogP contribution is 2.41. The minimum atomic E-state index is -1.01. The van der Waals surface area contributed by atoms with Crippen LogP contribution in [0.3, 0.4) is 0 Å². The van der Waals surface area contributed by atoms with Gasteiger partial charge in [0.25, 0.3) is 0 Å². The van der Waals surface area contributed by atoms with Gasteiger partial charge in [0.15, 0.2) is 5.11 Å². The second-order valence-corrected chi connectivity index (χ2v) is 9.97. The quantitative estimate of drug-likeness (QED) is 0.252. The number of hydrogen-bond acceptors (Lipinski definition) is 4. The number of aryl methyl sites for hydroxylation is 1. The summed E-state index contributed by atoms with van der Waals surface area (Å²) in [7, 11) is 0. The number of halogens is 1. The van der Waals surface area contributed by atoms with E-state index in [1.807, 2.05) is 53.6 Å². The lowest BCUT2D eigenvalue weighted by molar-refractivity contribution is -0.116. The number of carbonyl (C=O) groups is 2. The third kappa shape index (κ3) is 5.17. The number of aromatic carboxylic acids is 1. The summed E-state index contributed by atoms with van der Waals surface area (Å²) >= 11 is 5.74. The molecular formula is C30H28FN5O3S. The van der Waals surface area contributed by atoms with E-state index in [9.17, 15) is 19.1 Å². The lowest BCUT2D eigenvalue weighted by Gasteiger charge is -2.28. The number of nitrogens with zero attached hydrogens (tertiary/aromatic N) is 3. The van der Waals surface area contributed by atoms with E-state index in [4.69, 9.17) is 12.2 Å². The van der Waals surface area contributed by atoms with Gasteiger partial charge in [-0.05, 0) is 74.1 Å². The Labute approximate surface area is 236 Å². The summed E-state index contributed by atoms with van der Waals surface area (Å²) in [5.74, 6) is -1.85. The molecule has 1 aliphatic heterocycles. The van der Waals surface area contributed by atoms with Crippen molar-refractivity contribution in [2.24, 2.45) is 0 Å². The number of thiocarbonyl (C=S) groups is 1. The average molecular weight is 558 g/mol. The number of nitrogens with one attached hydrogen (secondary N) is 2. The van der Waals surface area contributed by atoms with Crippen LogP contribution in [0.1, 0.15) is 51.5 Å². The Morgan fingerprint density at radius 2 is 1.80 bits per heavy atom. The van der Waals surface area contributed by atoms with E-state index < -0.39 is 11.8 Å². The zero-order valence-electron chi connectivity index (χ0n) is 22.0. The lowest BCUT2D eigenvalue weighted by atomic mass is 9.96. The van der Waals surface area contributed by atoms with Crippen molar-refractivity contribution in [3.05, 3.63) is 113 Å². The summed E-state index contributed by atoms with van der Waals surface area (Å²) in [5, 5.41) is 16.3. The van der Waals surface area contributed by atoms with Crippen molar-refractivity contribution in [2.75, 3.05) is 11.9 Å². The van der Waals surface area contributed by atoms with Crippen LogP contribution in [0.15, 0.2) is 79.0 Å². The molecule has 0 spiro atoms. The van der Waals surface area contributed by atoms with Crippen molar-refractivity contribution in [3.63, 3.8) is 0 Å². The highest BCUT2D eigenvalue weighted by molar-refractivity contribution is 7.80. The van der Waals surface area contributed by atoms with Gasteiger partial charge in [-0.2, -0.15) is 0 Å². The molecule has 1 fully saturated rings. The van der Waals surface area contributed by atoms with E-state index in [-0.39, 0.29) is 42.2 Å². The van der Waals surface area contributed by atoms with Gasteiger partial charge in [-0.3, -0.25) is 9.78 Å². The number of carbonyl (C=O) groups excluding carboxylic acids is 1. The highest BCUT2D eigenvalue weighted by Gasteiger charge is 2.41. The van der Waals surface area contributed by atoms with Crippen LogP contribution < -0.4 is 10.6 Å². The van der Waals surface area contributed by atoms with Crippen molar-refractivity contribution >= 4 is 34.9 Å². The number of anilines is 1. The Balaban J connectivity index is 1.51. The molecule has 4 aromatic rings. The summed E-state index contributed by atoms with van der Waals surface area (Å²) in [4.78, 5) is 31.3. The van der Waals surface area contributed by atoms with Crippen LogP contribution >= 0.6 is 12.2 Å². The highest BCUT2D eigenvalue weighted by atomic mass is 32.1. The molecule has 1 aliphatic rings. The fourth-order valence-corrected chi connectivity index (χ4v) is 5.62. The largest absolute Gasteiger partial charge is 0.478 e. The predicted octanol–water partition coefficient (Wildman–Crippen LogP) is 5.33. The van der Waals surface area contributed by atoms with Crippen molar-refractivity contribution < 1.29 is 19.1 Å². The minimum Gasteiger partial charge on any atom is -0.478 e. The molecule has 0 saturated carbocycles. The number of para-hydroxylation sites is 2. The summed E-state index contributed by atoms with van der Waals surface area (Å²) in [5.41, 5.74) is 4.30. The lowest BCUT2D eigenvalue weighted by Crippen LogP contribution is -2.33. The molecule has 204 valence electrons. The molecule has 2 aromatic heterocycles. The SMILES string of the molecule is Cc1cc([C@@H]2[C@H](c3ccccn3)NC(=S)N2CCC(=O)Nc2ccccc2F)c(C)n1-c1ccccc1C(=O)O. The van der Waals surface area contributed by atoms with Gasteiger partial charge in [-0.15, -0.1) is 0 Å². The maximum atomic E-state index is 14.1. The van der Waals surface area contributed by atoms with Gasteiger partial charge in [0.1, 0.15) is 5.82 Å². The fourth-order valence-electron chi connectivity index (χ4n) is 5.29. The molecule has 5 rings (SSSR count). The van der Waals surface area contributed by atoms with Gasteiger partial charge in [-0.25, -0.2) is 9.18 Å². The Morgan fingerprint density at radius 1 is 1.07 bits per heavy atom. The molecule has 0 radical (unpaired) electrons. The monoisotopic (exact) mass is 557 g/mol. The predicted molar refractivity (Wildman–Crippen MR) is 154 cm³/mol. The maximum Gasteiger partial charge on any atom is 0.337 e. The van der Waals surface area contributed by atoms with Crippen LogP contribution in [0, 0.1) is 19.7 Å². The van der Waals surface area contributed by atoms with Crippen molar-refractivity contribution in [2.45, 2.75) is 32.4 Å². The standard InChI is InChI=1S/C30H28FN5O3S/c1-18-17-21(19(2)36(18)25-13-6-3-9-20(25)29(38)39)28-27(24-12-7-8-15-32-24)34-30(40)35(28)16-14-26(37)33-23-11-5-4-10-22(23)31/h3-13,15,17,27-28H,14,16H2,1-2H3,(H,33,37)(H,34,40)(H,38,39)/t27-,28+/m0/s1. The molecule has 0 bridgehead atoms. The van der Waals surface area contributed by atoms with Crippen LogP contribution in [0.4, 0.5) is 10.1 Å². The third-order valence-electron chi connectivity index (χ3n) is 7.09. The zero-order valence-corrected chi connectivity index (χ0v) is 22.8. The van der Waals surface area contributed by atoms with Gasteiger partial charge in [-0.1, -0.05) is 30.3 Å². The molecule has 0 aliphatic carbocycles. The summed E-state index contributed by atoms with van der Waals surface area (Å²) in [6.45, 7) is 4.15. The molecule has 10 heteroatoms. The summed E-state index contributed by atoms with van der Waals surface area (Å²) in [6, 6.07) is 19.9. The van der Waals surface area contributed by atoms with E-state index in [1.165, 1.54) is 12.1 Å². The second kappa shape index (κ2) is 11.3. The molecule has 8 nitrogen and oxygen atoms in total. The Kier molecular flexibility index (Phi) is 7.61. The van der Waals surface area contributed by atoms with Gasteiger partial charge in [0, 0.05) is 30.6 Å². The van der Waals surface area contributed by atoms with Crippen molar-refractivity contribution in [1.29, 1.82) is 0 Å². The molecule has 3 heterocycles. The molecular weight excluding hydrogens is 529 g/mol. The Hall–Kier alpha value is -4.57. The molecule has 1 saturated heterocycles. The zero-order chi connectivity index (χ0) is 28.4. The van der Waals surface area contributed by atoms with Crippen LogP contribution in [-0.4, -0.2) is 43.1 Å². The van der Waals surface area contributed by atoms with E-state index in [0.717, 1.165) is 22.6 Å². The first-order valence-electron chi connectivity index (χ1n) is 12.8. The van der Waals surface area contributed by atoms with E-state index >= 15 is 0 Å². The van der Waals surface area contributed by atoms with Crippen molar-refractivity contribution in [3.8, 4) is 5.69 Å². The number of carboxylic acids is 1. The minimum absolute atomic E-state index is 0.0716. The summed E-state index contributed by atoms with van der Waals surface area (Å²) < 4.78 is 16.0. The molecule has 3 N–H and O–H groups in total. The number of pyridine rings is 1. The first-order chi connectivity index (χ1) is 19.3. The smallest absolute Gasteiger partial charge is 0.337 e. The average Bonchev–Trinajstić information content (AvgIpc) is 3.43. The first-order valence-corrected chi connectivity index (χ1v) is 13.2. The number of rotatable bonds is 8. The second-order valence-electron chi connectivity index (χ2n) is 9.58. The number of carboxylic acid groups (broad SMARTS) is 1. The number of aromatic nitrogens is 2. The van der Waals surface area contributed by atoms with Gasteiger partial charge in [0.05, 0.1) is 34.7 Å². The number of amides is 1.